The fraction of sp³-hybridized carbons (Fsp3) is 0.429. The van der Waals surface area contributed by atoms with Gasteiger partial charge in [0.2, 0.25) is 0 Å². The van der Waals surface area contributed by atoms with E-state index in [1.807, 2.05) is 0 Å². The highest BCUT2D eigenvalue weighted by atomic mass is 79.9. The van der Waals surface area contributed by atoms with E-state index in [-0.39, 0.29) is 0 Å². The highest BCUT2D eigenvalue weighted by Gasteiger charge is 2.04. The van der Waals surface area contributed by atoms with Crippen LogP contribution in [-0.4, -0.2) is 9.97 Å². The molecule has 1 aromatic heterocycles. The molecule has 0 aliphatic rings. The van der Waals surface area contributed by atoms with Gasteiger partial charge in [0.05, 0.1) is 4.47 Å². The minimum absolute atomic E-state index is 0.374. The molecule has 0 radical (unpaired) electrons. The maximum atomic E-state index is 4.23. The Balaban J connectivity index is 3.05. The molecule has 0 spiro atoms. The second-order valence-corrected chi connectivity index (χ2v) is 4.13. The summed E-state index contributed by atoms with van der Waals surface area (Å²) in [7, 11) is 0. The molecule has 0 aliphatic carbocycles. The van der Waals surface area contributed by atoms with Crippen LogP contribution in [0.5, 0.6) is 0 Å². The Morgan fingerprint density at radius 2 is 2.00 bits per heavy atom. The van der Waals surface area contributed by atoms with E-state index in [9.17, 15) is 0 Å². The highest BCUT2D eigenvalue weighted by molar-refractivity contribution is 9.13. The third kappa shape index (κ3) is 2.24. The standard InChI is InChI=1S/C7H8Br2N2/c1-4(2)7-10-3-5(8)6(9)11-7/h3-4H,1-2H3. The van der Waals surface area contributed by atoms with Gasteiger partial charge in [0.15, 0.2) is 0 Å². The van der Waals surface area contributed by atoms with E-state index in [2.05, 4.69) is 55.7 Å². The Labute approximate surface area is 82.7 Å². The van der Waals surface area contributed by atoms with Crippen molar-refractivity contribution < 1.29 is 0 Å². The summed E-state index contributed by atoms with van der Waals surface area (Å²) in [6, 6.07) is 0. The maximum absolute atomic E-state index is 4.23. The van der Waals surface area contributed by atoms with Crippen LogP contribution in [-0.2, 0) is 0 Å². The topological polar surface area (TPSA) is 25.8 Å². The molecular formula is C7H8Br2N2. The van der Waals surface area contributed by atoms with E-state index >= 15 is 0 Å². The van der Waals surface area contributed by atoms with E-state index in [1.165, 1.54) is 0 Å². The van der Waals surface area contributed by atoms with Gasteiger partial charge in [0.1, 0.15) is 10.4 Å². The van der Waals surface area contributed by atoms with Crippen LogP contribution in [0.15, 0.2) is 15.3 Å². The van der Waals surface area contributed by atoms with Crippen molar-refractivity contribution in [1.29, 1.82) is 0 Å². The molecule has 0 aromatic carbocycles. The van der Waals surface area contributed by atoms with E-state index in [4.69, 9.17) is 0 Å². The van der Waals surface area contributed by atoms with Crippen molar-refractivity contribution in [2.45, 2.75) is 19.8 Å². The van der Waals surface area contributed by atoms with Crippen molar-refractivity contribution in [3.63, 3.8) is 0 Å². The first kappa shape index (κ1) is 9.13. The minimum Gasteiger partial charge on any atom is -0.240 e. The zero-order chi connectivity index (χ0) is 8.43. The molecular weight excluding hydrogens is 272 g/mol. The molecule has 0 fully saturated rings. The third-order valence-electron chi connectivity index (χ3n) is 1.24. The zero-order valence-corrected chi connectivity index (χ0v) is 9.48. The fourth-order valence-electron chi connectivity index (χ4n) is 0.637. The zero-order valence-electron chi connectivity index (χ0n) is 6.31. The number of aromatic nitrogens is 2. The number of nitrogens with zero attached hydrogens (tertiary/aromatic N) is 2. The van der Waals surface area contributed by atoms with Crippen LogP contribution in [0.2, 0.25) is 0 Å². The summed E-state index contributed by atoms with van der Waals surface area (Å²) in [4.78, 5) is 8.38. The predicted octanol–water partition coefficient (Wildman–Crippen LogP) is 3.13. The molecule has 0 saturated carbocycles. The number of halogens is 2. The van der Waals surface area contributed by atoms with Gasteiger partial charge in [-0.1, -0.05) is 13.8 Å². The van der Waals surface area contributed by atoms with E-state index in [1.54, 1.807) is 6.20 Å². The first-order valence-electron chi connectivity index (χ1n) is 3.29. The van der Waals surface area contributed by atoms with Crippen LogP contribution in [0.25, 0.3) is 0 Å². The van der Waals surface area contributed by atoms with Gasteiger partial charge in [-0.05, 0) is 31.9 Å². The molecule has 1 rings (SSSR count). The van der Waals surface area contributed by atoms with Gasteiger partial charge in [-0.2, -0.15) is 0 Å². The lowest BCUT2D eigenvalue weighted by atomic mass is 10.2. The van der Waals surface area contributed by atoms with Crippen molar-refractivity contribution in [2.24, 2.45) is 0 Å². The van der Waals surface area contributed by atoms with Gasteiger partial charge in [-0.3, -0.25) is 0 Å². The van der Waals surface area contributed by atoms with Gasteiger partial charge in [0, 0.05) is 12.1 Å². The fourth-order valence-corrected chi connectivity index (χ4v) is 1.11. The predicted molar refractivity (Wildman–Crippen MR) is 51.5 cm³/mol. The number of hydrogen-bond donors (Lipinski definition) is 0. The molecule has 1 aromatic rings. The maximum Gasteiger partial charge on any atom is 0.132 e. The monoisotopic (exact) mass is 278 g/mol. The Morgan fingerprint density at radius 1 is 1.36 bits per heavy atom. The van der Waals surface area contributed by atoms with Crippen molar-refractivity contribution >= 4 is 31.9 Å². The summed E-state index contributed by atoms with van der Waals surface area (Å²) in [5.74, 6) is 1.24. The molecule has 0 atom stereocenters. The highest BCUT2D eigenvalue weighted by Crippen LogP contribution is 2.21. The lowest BCUT2D eigenvalue weighted by Crippen LogP contribution is -1.96. The molecule has 0 unspecified atom stereocenters. The molecule has 60 valence electrons. The molecule has 0 aliphatic heterocycles. The minimum atomic E-state index is 0.374. The van der Waals surface area contributed by atoms with Crippen molar-refractivity contribution in [3.8, 4) is 0 Å². The first-order valence-corrected chi connectivity index (χ1v) is 4.88. The quantitative estimate of drug-likeness (QED) is 0.738. The van der Waals surface area contributed by atoms with Crippen LogP contribution < -0.4 is 0 Å². The number of rotatable bonds is 1. The van der Waals surface area contributed by atoms with E-state index in [0.29, 0.717) is 5.92 Å². The summed E-state index contributed by atoms with van der Waals surface area (Å²) >= 11 is 6.62. The summed E-state index contributed by atoms with van der Waals surface area (Å²) in [6.07, 6.45) is 1.76. The molecule has 11 heavy (non-hydrogen) atoms. The number of hydrogen-bond acceptors (Lipinski definition) is 2. The van der Waals surface area contributed by atoms with Crippen LogP contribution in [0.1, 0.15) is 25.6 Å². The van der Waals surface area contributed by atoms with Crippen LogP contribution in [0.4, 0.5) is 0 Å². The molecule has 4 heteroatoms. The Morgan fingerprint density at radius 3 is 2.45 bits per heavy atom. The van der Waals surface area contributed by atoms with Crippen LogP contribution in [0.3, 0.4) is 0 Å². The molecule has 0 N–H and O–H groups in total. The van der Waals surface area contributed by atoms with Gasteiger partial charge in [-0.25, -0.2) is 9.97 Å². The normalized spacial score (nSPS) is 10.6. The summed E-state index contributed by atoms with van der Waals surface area (Å²) in [6.45, 7) is 4.13. The van der Waals surface area contributed by atoms with Gasteiger partial charge >= 0.3 is 0 Å². The van der Waals surface area contributed by atoms with Gasteiger partial charge in [-0.15, -0.1) is 0 Å². The van der Waals surface area contributed by atoms with Crippen molar-refractivity contribution in [1.82, 2.24) is 9.97 Å². The molecule has 0 amide bonds. The smallest absolute Gasteiger partial charge is 0.132 e. The molecule has 0 saturated heterocycles. The second-order valence-electron chi connectivity index (χ2n) is 2.52. The Kier molecular flexibility index (Phi) is 3.01. The molecule has 2 nitrogen and oxygen atoms in total. The third-order valence-corrected chi connectivity index (χ3v) is 2.95. The summed E-state index contributed by atoms with van der Waals surface area (Å²) in [5.41, 5.74) is 0. The molecule has 1 heterocycles. The Hall–Kier alpha value is 0.0400. The SMILES string of the molecule is CC(C)c1ncc(Br)c(Br)n1. The molecule has 0 bridgehead atoms. The lowest BCUT2D eigenvalue weighted by molar-refractivity contribution is 0.767. The summed E-state index contributed by atoms with van der Waals surface area (Å²) < 4.78 is 1.71. The average Bonchev–Trinajstić information content (AvgIpc) is 1.94. The van der Waals surface area contributed by atoms with Crippen LogP contribution >= 0.6 is 31.9 Å². The lowest BCUT2D eigenvalue weighted by Gasteiger charge is -2.03. The van der Waals surface area contributed by atoms with Crippen molar-refractivity contribution in [3.05, 3.63) is 21.1 Å². The van der Waals surface area contributed by atoms with Gasteiger partial charge in [0.25, 0.3) is 0 Å². The average molecular weight is 280 g/mol. The Bertz CT molecular complexity index is 261. The first-order chi connectivity index (χ1) is 5.11. The van der Waals surface area contributed by atoms with Gasteiger partial charge < -0.3 is 0 Å². The largest absolute Gasteiger partial charge is 0.240 e. The van der Waals surface area contributed by atoms with E-state index in [0.717, 1.165) is 14.9 Å². The van der Waals surface area contributed by atoms with E-state index < -0.39 is 0 Å². The summed E-state index contributed by atoms with van der Waals surface area (Å²) in [5, 5.41) is 0. The second kappa shape index (κ2) is 3.63. The van der Waals surface area contributed by atoms with Crippen LogP contribution in [0, 0.1) is 0 Å². The van der Waals surface area contributed by atoms with Crippen molar-refractivity contribution in [2.75, 3.05) is 0 Å².